The Hall–Kier alpha value is -4.11. The van der Waals surface area contributed by atoms with Gasteiger partial charge < -0.3 is 25.2 Å². The Bertz CT molecular complexity index is 1660. The number of nitrogens with zero attached hydrogens (tertiary/aromatic N) is 5. The highest BCUT2D eigenvalue weighted by molar-refractivity contribution is 5.89. The number of hydrogen-bond donors (Lipinski definition) is 2. The number of pyridine rings is 1. The fourth-order valence-corrected chi connectivity index (χ4v) is 6.69. The predicted octanol–water partition coefficient (Wildman–Crippen LogP) is 7.24. The van der Waals surface area contributed by atoms with Crippen LogP contribution in [-0.2, 0) is 12.0 Å². The second kappa shape index (κ2) is 12.7. The maximum Gasteiger partial charge on any atom is 0.319 e. The number of nitrogens with one attached hydrogen (secondary N) is 2. The van der Waals surface area contributed by atoms with Crippen LogP contribution in [0.2, 0.25) is 0 Å². The minimum atomic E-state index is -0.200. The number of ether oxygens (including phenoxy) is 1. The van der Waals surface area contributed by atoms with Gasteiger partial charge >= 0.3 is 6.03 Å². The summed E-state index contributed by atoms with van der Waals surface area (Å²) in [6.07, 6.45) is 7.04. The average molecular weight is 610 g/mol. The number of piperidine rings is 1. The lowest BCUT2D eigenvalue weighted by Crippen LogP contribution is -2.38. The number of carbonyl (C=O) groups is 1. The van der Waals surface area contributed by atoms with Gasteiger partial charge in [-0.25, -0.2) is 4.79 Å². The fraction of sp³-hybridized carbons (Fsp3) is 0.472. The molecule has 238 valence electrons. The van der Waals surface area contributed by atoms with E-state index in [4.69, 9.17) is 4.74 Å². The van der Waals surface area contributed by atoms with E-state index in [1.807, 2.05) is 30.5 Å². The number of amides is 2. The third-order valence-corrected chi connectivity index (χ3v) is 9.05. The number of aromatic nitrogens is 3. The van der Waals surface area contributed by atoms with Gasteiger partial charge in [0.15, 0.2) is 5.65 Å². The van der Waals surface area contributed by atoms with Gasteiger partial charge in [-0.2, -0.15) is 0 Å². The molecular formula is C36H47N7O2. The molecule has 2 unspecified atom stereocenters. The zero-order chi connectivity index (χ0) is 31.7. The van der Waals surface area contributed by atoms with Crippen molar-refractivity contribution in [1.82, 2.24) is 24.8 Å². The first-order valence-electron chi connectivity index (χ1n) is 16.3. The van der Waals surface area contributed by atoms with Crippen LogP contribution >= 0.6 is 0 Å². The Morgan fingerprint density at radius 2 is 1.80 bits per heavy atom. The van der Waals surface area contributed by atoms with Crippen molar-refractivity contribution < 1.29 is 9.53 Å². The summed E-state index contributed by atoms with van der Waals surface area (Å²) in [6, 6.07) is 18.7. The molecule has 1 aliphatic carbocycles. The predicted molar refractivity (Wildman–Crippen MR) is 180 cm³/mol. The zero-order valence-corrected chi connectivity index (χ0v) is 27.5. The van der Waals surface area contributed by atoms with Crippen LogP contribution in [0.15, 0.2) is 60.8 Å². The second-order valence-electron chi connectivity index (χ2n) is 14.0. The van der Waals surface area contributed by atoms with Crippen LogP contribution in [0.3, 0.4) is 0 Å². The molecule has 0 bridgehead atoms. The molecular weight excluding hydrogens is 562 g/mol. The van der Waals surface area contributed by atoms with E-state index in [9.17, 15) is 4.79 Å². The van der Waals surface area contributed by atoms with Crippen LogP contribution in [0.25, 0.3) is 5.65 Å². The van der Waals surface area contributed by atoms with Crippen molar-refractivity contribution >= 4 is 23.3 Å². The largest absolute Gasteiger partial charge is 0.484 e. The second-order valence-corrected chi connectivity index (χ2v) is 14.0. The molecule has 2 N–H and O–H groups in total. The van der Waals surface area contributed by atoms with Crippen LogP contribution in [0.5, 0.6) is 5.75 Å². The number of carbonyl (C=O) groups excluding carboxylic acids is 1. The summed E-state index contributed by atoms with van der Waals surface area (Å²) in [5, 5.41) is 15.3. The molecule has 0 radical (unpaired) electrons. The molecule has 6 rings (SSSR count). The molecule has 2 aliphatic rings. The van der Waals surface area contributed by atoms with Gasteiger partial charge in [-0.05, 0) is 105 Å². The van der Waals surface area contributed by atoms with Gasteiger partial charge in [-0.1, -0.05) is 51.1 Å². The van der Waals surface area contributed by atoms with E-state index in [1.165, 1.54) is 24.0 Å². The molecule has 9 heteroatoms. The van der Waals surface area contributed by atoms with Crippen LogP contribution < -0.4 is 20.3 Å². The molecule has 2 amide bonds. The lowest BCUT2D eigenvalue weighted by Gasteiger charge is -2.33. The summed E-state index contributed by atoms with van der Waals surface area (Å²) >= 11 is 0. The Balaban J connectivity index is 1.18. The van der Waals surface area contributed by atoms with Gasteiger partial charge in [-0.15, -0.1) is 10.2 Å². The molecule has 3 heterocycles. The topological polar surface area (TPSA) is 87.0 Å². The molecule has 1 fully saturated rings. The highest BCUT2D eigenvalue weighted by Gasteiger charge is 2.30. The quantitative estimate of drug-likeness (QED) is 0.230. The van der Waals surface area contributed by atoms with Crippen molar-refractivity contribution in [2.45, 2.75) is 89.9 Å². The van der Waals surface area contributed by atoms with Gasteiger partial charge in [0.05, 0.1) is 12.2 Å². The summed E-state index contributed by atoms with van der Waals surface area (Å²) in [6.45, 7) is 10.6. The van der Waals surface area contributed by atoms with Crippen LogP contribution in [0.1, 0.15) is 94.2 Å². The molecule has 45 heavy (non-hydrogen) atoms. The van der Waals surface area contributed by atoms with Gasteiger partial charge in [0.2, 0.25) is 5.95 Å². The van der Waals surface area contributed by atoms with Crippen molar-refractivity contribution in [3.8, 4) is 5.75 Å². The van der Waals surface area contributed by atoms with E-state index in [0.29, 0.717) is 6.04 Å². The highest BCUT2D eigenvalue weighted by atomic mass is 16.5. The van der Waals surface area contributed by atoms with E-state index < -0.39 is 0 Å². The Morgan fingerprint density at radius 1 is 1.00 bits per heavy atom. The van der Waals surface area contributed by atoms with Gasteiger partial charge in [0.1, 0.15) is 11.9 Å². The summed E-state index contributed by atoms with van der Waals surface area (Å²) in [5.74, 6) is 1.66. The van der Waals surface area contributed by atoms with Gasteiger partial charge in [0, 0.05) is 24.8 Å². The smallest absolute Gasteiger partial charge is 0.319 e. The minimum Gasteiger partial charge on any atom is -0.484 e. The Labute approximate surface area is 267 Å². The molecule has 9 nitrogen and oxygen atoms in total. The maximum absolute atomic E-state index is 13.4. The standard InChI is InChI=1S/C36H47N7O2/c1-24-11-9-10-18-42(24)35-40-39-33-17-14-28(23-43(33)35)45-32-16-15-31(29-12-7-8-13-30(29)32)38-34(44)37-27-20-25(22-41(5)6)19-26(21-27)36(2,3)4/h7-8,12-14,17,19-21,23-24,31-32H,9-11,15-16,18,22H2,1-6H3,(H2,37,38,44)/t24-,31?,32?/m0/s1. The minimum absolute atomic E-state index is 0.0288. The Morgan fingerprint density at radius 3 is 2.56 bits per heavy atom. The summed E-state index contributed by atoms with van der Waals surface area (Å²) in [4.78, 5) is 17.9. The number of anilines is 2. The molecule has 2 aromatic heterocycles. The number of urea groups is 1. The van der Waals surface area contributed by atoms with E-state index in [0.717, 1.165) is 66.5 Å². The lowest BCUT2D eigenvalue weighted by atomic mass is 9.85. The molecule has 2 aromatic carbocycles. The van der Waals surface area contributed by atoms with Crippen molar-refractivity contribution in [2.75, 3.05) is 30.9 Å². The van der Waals surface area contributed by atoms with E-state index in [2.05, 4.69) is 107 Å². The van der Waals surface area contributed by atoms with Gasteiger partial charge in [0.25, 0.3) is 0 Å². The first-order chi connectivity index (χ1) is 21.5. The van der Waals surface area contributed by atoms with Gasteiger partial charge in [-0.3, -0.25) is 4.40 Å². The van der Waals surface area contributed by atoms with E-state index in [1.54, 1.807) is 0 Å². The molecule has 4 aromatic rings. The first-order valence-corrected chi connectivity index (χ1v) is 16.3. The molecule has 0 spiro atoms. The van der Waals surface area contributed by atoms with Crippen LogP contribution in [0, 0.1) is 0 Å². The number of rotatable bonds is 7. The molecule has 3 atom stereocenters. The SMILES string of the molecule is C[C@H]1CCCCN1c1nnc2ccc(OC3CCC(NC(=O)Nc4cc(CN(C)C)cc(C(C)(C)C)c4)c4ccccc43)cn12. The van der Waals surface area contributed by atoms with E-state index in [-0.39, 0.29) is 23.6 Å². The number of fused-ring (bicyclic) bond motifs is 2. The maximum atomic E-state index is 13.4. The molecule has 1 aliphatic heterocycles. The summed E-state index contributed by atoms with van der Waals surface area (Å²) < 4.78 is 8.69. The van der Waals surface area contributed by atoms with Crippen molar-refractivity contribution in [1.29, 1.82) is 0 Å². The summed E-state index contributed by atoms with van der Waals surface area (Å²) in [7, 11) is 4.11. The summed E-state index contributed by atoms with van der Waals surface area (Å²) in [5.41, 5.74) is 6.16. The van der Waals surface area contributed by atoms with E-state index >= 15 is 0 Å². The molecule has 1 saturated heterocycles. The highest BCUT2D eigenvalue weighted by Crippen LogP contribution is 2.39. The number of benzene rings is 2. The zero-order valence-electron chi connectivity index (χ0n) is 27.5. The first kappa shape index (κ1) is 30.9. The Kier molecular flexibility index (Phi) is 8.73. The number of hydrogen-bond acceptors (Lipinski definition) is 6. The van der Waals surface area contributed by atoms with Crippen LogP contribution in [-0.4, -0.2) is 52.2 Å². The van der Waals surface area contributed by atoms with Crippen molar-refractivity contribution in [3.05, 3.63) is 83.0 Å². The average Bonchev–Trinajstić information content (AvgIpc) is 3.41. The monoisotopic (exact) mass is 609 g/mol. The normalized spacial score (nSPS) is 20.2. The lowest BCUT2D eigenvalue weighted by molar-refractivity contribution is 0.171. The third-order valence-electron chi connectivity index (χ3n) is 9.05. The third kappa shape index (κ3) is 6.93. The van der Waals surface area contributed by atoms with Crippen LogP contribution in [0.4, 0.5) is 16.4 Å². The fourth-order valence-electron chi connectivity index (χ4n) is 6.69. The van der Waals surface area contributed by atoms with Crippen molar-refractivity contribution in [3.63, 3.8) is 0 Å². The van der Waals surface area contributed by atoms with Crippen molar-refractivity contribution in [2.24, 2.45) is 0 Å². The molecule has 0 saturated carbocycles.